The third-order valence-corrected chi connectivity index (χ3v) is 3.89. The molecule has 2 nitrogen and oxygen atoms in total. The van der Waals surface area contributed by atoms with Crippen LogP contribution in [-0.4, -0.2) is 23.2 Å². The maximum Gasteiger partial charge on any atom is 0.224 e. The van der Waals surface area contributed by atoms with Gasteiger partial charge in [-0.3, -0.25) is 4.79 Å². The molecule has 0 bridgehead atoms. The van der Waals surface area contributed by atoms with Crippen LogP contribution in [0.25, 0.3) is 0 Å². The number of carbonyl (C=O) groups excluding carboxylic acids is 1. The number of hydrogen-bond acceptors (Lipinski definition) is 2. The standard InChI is InChI=1S/C10H13Cl2NOS/c1-10(6-11,7-12)13-9(14)4-8-2-3-15-5-8/h2-3,5H,4,6-7H2,1H3,(H,13,14). The summed E-state index contributed by atoms with van der Waals surface area (Å²) in [6.45, 7) is 1.83. The first kappa shape index (κ1) is 12.8. The van der Waals surface area contributed by atoms with Crippen molar-refractivity contribution in [1.82, 2.24) is 5.32 Å². The summed E-state index contributed by atoms with van der Waals surface area (Å²) in [5.41, 5.74) is 0.500. The number of rotatable bonds is 5. The summed E-state index contributed by atoms with van der Waals surface area (Å²) in [7, 11) is 0. The SMILES string of the molecule is CC(CCl)(CCl)NC(=O)Cc1ccsc1. The summed E-state index contributed by atoms with van der Waals surface area (Å²) in [6, 6.07) is 1.93. The number of hydrogen-bond donors (Lipinski definition) is 1. The van der Waals surface area contributed by atoms with Crippen LogP contribution in [0.5, 0.6) is 0 Å². The minimum absolute atomic E-state index is 0.0443. The van der Waals surface area contributed by atoms with Gasteiger partial charge >= 0.3 is 0 Å². The van der Waals surface area contributed by atoms with Gasteiger partial charge in [0.25, 0.3) is 0 Å². The van der Waals surface area contributed by atoms with Crippen LogP contribution in [0.15, 0.2) is 16.8 Å². The molecule has 5 heteroatoms. The molecule has 0 saturated heterocycles. The van der Waals surface area contributed by atoms with Gasteiger partial charge in [0.15, 0.2) is 0 Å². The molecule has 0 aliphatic heterocycles. The van der Waals surface area contributed by atoms with Crippen molar-refractivity contribution >= 4 is 40.4 Å². The van der Waals surface area contributed by atoms with Gasteiger partial charge in [-0.2, -0.15) is 11.3 Å². The van der Waals surface area contributed by atoms with Crippen LogP contribution >= 0.6 is 34.5 Å². The Kier molecular flexibility index (Phi) is 4.90. The quantitative estimate of drug-likeness (QED) is 0.815. The molecule has 84 valence electrons. The van der Waals surface area contributed by atoms with Crippen LogP contribution in [0.4, 0.5) is 0 Å². The molecule has 1 heterocycles. The van der Waals surface area contributed by atoms with E-state index in [0.29, 0.717) is 18.2 Å². The Hall–Kier alpha value is -0.250. The van der Waals surface area contributed by atoms with Gasteiger partial charge in [-0.25, -0.2) is 0 Å². The van der Waals surface area contributed by atoms with E-state index in [1.165, 1.54) is 0 Å². The number of alkyl halides is 2. The highest BCUT2D eigenvalue weighted by Crippen LogP contribution is 2.11. The molecule has 0 saturated carbocycles. The molecule has 0 spiro atoms. The summed E-state index contributed by atoms with van der Waals surface area (Å²) in [5.74, 6) is 0.579. The fourth-order valence-corrected chi connectivity index (χ4v) is 2.15. The second kappa shape index (κ2) is 5.73. The van der Waals surface area contributed by atoms with Gasteiger partial charge in [-0.15, -0.1) is 23.2 Å². The van der Waals surface area contributed by atoms with Gasteiger partial charge in [0, 0.05) is 11.8 Å². The summed E-state index contributed by atoms with van der Waals surface area (Å²) in [4.78, 5) is 11.6. The number of carbonyl (C=O) groups is 1. The van der Waals surface area contributed by atoms with E-state index in [-0.39, 0.29) is 5.91 Å². The predicted octanol–water partition coefficient (Wildman–Crippen LogP) is 2.64. The third kappa shape index (κ3) is 4.01. The smallest absolute Gasteiger partial charge is 0.224 e. The van der Waals surface area contributed by atoms with Crippen LogP contribution in [0.3, 0.4) is 0 Å². The Bertz CT molecular complexity index is 309. The second-order valence-electron chi connectivity index (χ2n) is 3.68. The zero-order valence-corrected chi connectivity index (χ0v) is 10.8. The summed E-state index contributed by atoms with van der Waals surface area (Å²) >= 11 is 13.1. The molecule has 0 fully saturated rings. The molecular weight excluding hydrogens is 253 g/mol. The molecule has 1 amide bonds. The van der Waals surface area contributed by atoms with Crippen molar-refractivity contribution < 1.29 is 4.79 Å². The highest BCUT2D eigenvalue weighted by molar-refractivity contribution is 7.07. The van der Waals surface area contributed by atoms with Gasteiger partial charge in [-0.1, -0.05) is 0 Å². The van der Waals surface area contributed by atoms with Gasteiger partial charge in [-0.05, 0) is 29.3 Å². The van der Waals surface area contributed by atoms with E-state index in [4.69, 9.17) is 23.2 Å². The number of thiophene rings is 1. The van der Waals surface area contributed by atoms with E-state index in [9.17, 15) is 4.79 Å². The minimum atomic E-state index is -0.518. The zero-order valence-electron chi connectivity index (χ0n) is 8.43. The zero-order chi connectivity index (χ0) is 11.3. The van der Waals surface area contributed by atoms with Gasteiger partial charge in [0.1, 0.15) is 0 Å². The van der Waals surface area contributed by atoms with E-state index < -0.39 is 5.54 Å². The van der Waals surface area contributed by atoms with Crippen molar-refractivity contribution in [3.8, 4) is 0 Å². The second-order valence-corrected chi connectivity index (χ2v) is 5.00. The lowest BCUT2D eigenvalue weighted by Gasteiger charge is -2.25. The molecule has 0 aromatic carbocycles. The number of amides is 1. The Morgan fingerprint density at radius 1 is 1.53 bits per heavy atom. The maximum atomic E-state index is 11.6. The van der Waals surface area contributed by atoms with Gasteiger partial charge in [0.05, 0.1) is 12.0 Å². The fourth-order valence-electron chi connectivity index (χ4n) is 1.06. The highest BCUT2D eigenvalue weighted by Gasteiger charge is 2.24. The monoisotopic (exact) mass is 265 g/mol. The van der Waals surface area contributed by atoms with Crippen LogP contribution in [-0.2, 0) is 11.2 Å². The maximum absolute atomic E-state index is 11.6. The van der Waals surface area contributed by atoms with E-state index in [0.717, 1.165) is 5.56 Å². The van der Waals surface area contributed by atoms with Crippen LogP contribution in [0.1, 0.15) is 12.5 Å². The average Bonchev–Trinajstić information content (AvgIpc) is 2.70. The molecule has 0 radical (unpaired) electrons. The van der Waals surface area contributed by atoms with Crippen LogP contribution < -0.4 is 5.32 Å². The van der Waals surface area contributed by atoms with Crippen molar-refractivity contribution in [3.05, 3.63) is 22.4 Å². The first-order valence-electron chi connectivity index (χ1n) is 4.53. The van der Waals surface area contributed by atoms with E-state index in [1.807, 2.05) is 23.8 Å². The average molecular weight is 266 g/mol. The van der Waals surface area contributed by atoms with Crippen molar-refractivity contribution in [2.75, 3.05) is 11.8 Å². The van der Waals surface area contributed by atoms with Crippen LogP contribution in [0, 0.1) is 0 Å². The molecule has 0 aliphatic rings. The highest BCUT2D eigenvalue weighted by atomic mass is 35.5. The molecular formula is C10H13Cl2NOS. The molecule has 1 rings (SSSR count). The molecule has 15 heavy (non-hydrogen) atoms. The molecule has 0 unspecified atom stereocenters. The predicted molar refractivity (Wildman–Crippen MR) is 66.0 cm³/mol. The lowest BCUT2D eigenvalue weighted by molar-refractivity contribution is -0.121. The van der Waals surface area contributed by atoms with E-state index >= 15 is 0 Å². The van der Waals surface area contributed by atoms with Crippen molar-refractivity contribution in [3.63, 3.8) is 0 Å². The third-order valence-electron chi connectivity index (χ3n) is 1.98. The van der Waals surface area contributed by atoms with Crippen molar-refractivity contribution in [1.29, 1.82) is 0 Å². The summed E-state index contributed by atoms with van der Waals surface area (Å²) in [6.07, 6.45) is 0.382. The topological polar surface area (TPSA) is 29.1 Å². The lowest BCUT2D eigenvalue weighted by Crippen LogP contribution is -2.49. The van der Waals surface area contributed by atoms with Crippen molar-refractivity contribution in [2.24, 2.45) is 0 Å². The van der Waals surface area contributed by atoms with Gasteiger partial charge < -0.3 is 5.32 Å². The summed E-state index contributed by atoms with van der Waals surface area (Å²) in [5, 5.41) is 6.74. The first-order chi connectivity index (χ1) is 7.09. The minimum Gasteiger partial charge on any atom is -0.348 e. The van der Waals surface area contributed by atoms with Crippen LogP contribution in [0.2, 0.25) is 0 Å². The Morgan fingerprint density at radius 3 is 2.67 bits per heavy atom. The summed E-state index contributed by atoms with van der Waals surface area (Å²) < 4.78 is 0. The Labute approximate surface area is 104 Å². The van der Waals surface area contributed by atoms with Crippen molar-refractivity contribution in [2.45, 2.75) is 18.9 Å². The largest absolute Gasteiger partial charge is 0.348 e. The molecule has 0 aliphatic carbocycles. The fraction of sp³-hybridized carbons (Fsp3) is 0.500. The Morgan fingerprint density at radius 2 is 2.20 bits per heavy atom. The molecule has 1 aromatic rings. The molecule has 1 N–H and O–H groups in total. The normalized spacial score (nSPS) is 11.4. The molecule has 0 atom stereocenters. The van der Waals surface area contributed by atoms with Gasteiger partial charge in [0.2, 0.25) is 5.91 Å². The van der Waals surface area contributed by atoms with E-state index in [1.54, 1.807) is 11.3 Å². The Balaban J connectivity index is 2.49. The van der Waals surface area contributed by atoms with E-state index in [2.05, 4.69) is 5.32 Å². The first-order valence-corrected chi connectivity index (χ1v) is 6.55. The number of halogens is 2. The number of nitrogens with one attached hydrogen (secondary N) is 1. The molecule has 1 aromatic heterocycles. The lowest BCUT2D eigenvalue weighted by atomic mass is 10.1.